The summed E-state index contributed by atoms with van der Waals surface area (Å²) < 4.78 is 6.36. The number of aromatic nitrogens is 1. The molecule has 3 heterocycles. The van der Waals surface area contributed by atoms with Crippen LogP contribution in [0.25, 0.3) is 17.0 Å². The van der Waals surface area contributed by atoms with Crippen LogP contribution in [-0.4, -0.2) is 15.2 Å². The van der Waals surface area contributed by atoms with Crippen molar-refractivity contribution in [2.75, 3.05) is 0 Å². The number of fused-ring (bicyclic) bond motifs is 1. The molecule has 27 heavy (non-hydrogen) atoms. The van der Waals surface area contributed by atoms with Crippen LogP contribution in [0.3, 0.4) is 0 Å². The molecule has 1 aliphatic rings. The molecule has 0 aliphatic carbocycles. The van der Waals surface area contributed by atoms with Gasteiger partial charge in [-0.25, -0.2) is 0 Å². The maximum atomic E-state index is 11.8. The summed E-state index contributed by atoms with van der Waals surface area (Å²) in [4.78, 5) is 16.6. The number of rotatable bonds is 2. The Kier molecular flexibility index (Phi) is 5.03. The monoisotopic (exact) mass is 408 g/mol. The lowest BCUT2D eigenvalue weighted by atomic mass is 10.1. The summed E-state index contributed by atoms with van der Waals surface area (Å²) in [7, 11) is 0. The van der Waals surface area contributed by atoms with Gasteiger partial charge in [-0.15, -0.1) is 0 Å². The molecule has 132 valence electrons. The van der Waals surface area contributed by atoms with Crippen molar-refractivity contribution in [1.82, 2.24) is 10.3 Å². The van der Waals surface area contributed by atoms with E-state index >= 15 is 0 Å². The Hall–Kier alpha value is -2.53. The topological polar surface area (TPSA) is 55.1 Å². The van der Waals surface area contributed by atoms with E-state index in [0.717, 1.165) is 16.5 Å². The van der Waals surface area contributed by atoms with Crippen molar-refractivity contribution in [2.24, 2.45) is 0 Å². The van der Waals surface area contributed by atoms with Crippen molar-refractivity contribution >= 4 is 63.9 Å². The van der Waals surface area contributed by atoms with Crippen molar-refractivity contribution in [3.63, 3.8) is 0 Å². The van der Waals surface area contributed by atoms with Crippen LogP contribution in [0.2, 0.25) is 0 Å². The lowest BCUT2D eigenvalue weighted by molar-refractivity contribution is -0.115. The van der Waals surface area contributed by atoms with Gasteiger partial charge < -0.3 is 9.73 Å². The highest BCUT2D eigenvalue weighted by molar-refractivity contribution is 8.26. The second-order valence-electron chi connectivity index (χ2n) is 5.67. The Morgan fingerprint density at radius 1 is 1.26 bits per heavy atom. The first-order valence-electron chi connectivity index (χ1n) is 7.97. The Morgan fingerprint density at radius 2 is 2.07 bits per heavy atom. The molecule has 0 bridgehead atoms. The molecule has 0 spiro atoms. The minimum absolute atomic E-state index is 0.216. The van der Waals surface area contributed by atoms with E-state index in [-0.39, 0.29) is 5.91 Å². The predicted octanol–water partition coefficient (Wildman–Crippen LogP) is 4.15. The van der Waals surface area contributed by atoms with Crippen molar-refractivity contribution in [3.8, 4) is 11.8 Å². The zero-order chi connectivity index (χ0) is 18.8. The standard InChI is InChI=1S/C20H12N2O2S3/c23-19-17(27-20(26)22-19)8-16-7-15-10-21-9-13(18(15)24-16)6-5-12-3-1-2-4-14(12)11-25/h1-4,7-10,25H,11H2,(H,22,23,26)/b17-8-. The number of nitrogens with zero attached hydrogens (tertiary/aromatic N) is 1. The van der Waals surface area contributed by atoms with Gasteiger partial charge in [-0.3, -0.25) is 9.78 Å². The molecule has 1 aliphatic heterocycles. The predicted molar refractivity (Wildman–Crippen MR) is 115 cm³/mol. The number of thiol groups is 1. The van der Waals surface area contributed by atoms with Crippen LogP contribution in [-0.2, 0) is 10.5 Å². The highest BCUT2D eigenvalue weighted by atomic mass is 32.2. The molecular weight excluding hydrogens is 396 g/mol. The fourth-order valence-electron chi connectivity index (χ4n) is 2.61. The average Bonchev–Trinajstić information content (AvgIpc) is 3.22. The fourth-order valence-corrected chi connectivity index (χ4v) is 3.91. The Morgan fingerprint density at radius 3 is 2.85 bits per heavy atom. The minimum atomic E-state index is -0.216. The molecule has 3 aromatic rings. The number of pyridine rings is 1. The number of nitrogens with one attached hydrogen (secondary N) is 1. The molecule has 1 fully saturated rings. The molecule has 7 heteroatoms. The number of hydrogen-bond donors (Lipinski definition) is 2. The third kappa shape index (κ3) is 3.78. The van der Waals surface area contributed by atoms with Crippen molar-refractivity contribution in [1.29, 1.82) is 0 Å². The van der Waals surface area contributed by atoms with Crippen LogP contribution in [0.15, 0.2) is 52.0 Å². The van der Waals surface area contributed by atoms with E-state index < -0.39 is 0 Å². The van der Waals surface area contributed by atoms with Crippen molar-refractivity contribution in [2.45, 2.75) is 5.75 Å². The van der Waals surface area contributed by atoms with E-state index in [1.807, 2.05) is 30.3 Å². The van der Waals surface area contributed by atoms with E-state index in [1.165, 1.54) is 11.8 Å². The first-order chi connectivity index (χ1) is 13.1. The van der Waals surface area contributed by atoms with Gasteiger partial charge in [0.15, 0.2) is 5.58 Å². The molecule has 1 amide bonds. The largest absolute Gasteiger partial charge is 0.455 e. The number of furan rings is 1. The highest BCUT2D eigenvalue weighted by Gasteiger charge is 2.22. The zero-order valence-electron chi connectivity index (χ0n) is 13.9. The van der Waals surface area contributed by atoms with Gasteiger partial charge in [0.05, 0.1) is 10.5 Å². The number of benzene rings is 1. The lowest BCUT2D eigenvalue weighted by Gasteiger charge is -1.98. The summed E-state index contributed by atoms with van der Waals surface area (Å²) in [5.74, 6) is 7.26. The van der Waals surface area contributed by atoms with E-state index in [2.05, 4.69) is 34.8 Å². The quantitative estimate of drug-likeness (QED) is 0.289. The van der Waals surface area contributed by atoms with Gasteiger partial charge >= 0.3 is 0 Å². The van der Waals surface area contributed by atoms with E-state index in [4.69, 9.17) is 16.6 Å². The van der Waals surface area contributed by atoms with Gasteiger partial charge in [0.1, 0.15) is 10.1 Å². The van der Waals surface area contributed by atoms with Crippen molar-refractivity contribution in [3.05, 3.63) is 70.1 Å². The molecule has 0 saturated carbocycles. The second-order valence-corrected chi connectivity index (χ2v) is 7.71. The van der Waals surface area contributed by atoms with Crippen LogP contribution in [0, 0.1) is 11.8 Å². The van der Waals surface area contributed by atoms with Gasteiger partial charge in [-0.2, -0.15) is 12.6 Å². The molecular formula is C20H12N2O2S3. The molecule has 1 aromatic carbocycles. The third-order valence-corrected chi connectivity index (χ3v) is 5.38. The lowest BCUT2D eigenvalue weighted by Crippen LogP contribution is -2.17. The maximum Gasteiger partial charge on any atom is 0.263 e. The number of hydrogen-bond acceptors (Lipinski definition) is 6. The minimum Gasteiger partial charge on any atom is -0.455 e. The molecule has 0 atom stereocenters. The smallest absolute Gasteiger partial charge is 0.263 e. The number of thiocarbonyl (C=S) groups is 1. The summed E-state index contributed by atoms with van der Waals surface area (Å²) in [6.45, 7) is 0. The maximum absolute atomic E-state index is 11.8. The Balaban J connectivity index is 1.73. The van der Waals surface area contributed by atoms with Gasteiger partial charge in [-0.1, -0.05) is 54.0 Å². The molecule has 2 aromatic heterocycles. The zero-order valence-corrected chi connectivity index (χ0v) is 16.4. The first-order valence-corrected chi connectivity index (χ1v) is 9.83. The van der Waals surface area contributed by atoms with Gasteiger partial charge in [-0.05, 0) is 17.7 Å². The molecule has 4 rings (SSSR count). The van der Waals surface area contributed by atoms with E-state index in [9.17, 15) is 4.79 Å². The number of carbonyl (C=O) groups excluding carboxylic acids is 1. The summed E-state index contributed by atoms with van der Waals surface area (Å²) in [6.07, 6.45) is 5.05. The summed E-state index contributed by atoms with van der Waals surface area (Å²) in [6, 6.07) is 9.71. The van der Waals surface area contributed by atoms with Crippen LogP contribution >= 0.6 is 36.6 Å². The molecule has 0 unspecified atom stereocenters. The van der Waals surface area contributed by atoms with Crippen molar-refractivity contribution < 1.29 is 9.21 Å². The Bertz CT molecular complexity index is 1170. The van der Waals surface area contributed by atoms with Crippen LogP contribution in [0.1, 0.15) is 22.5 Å². The summed E-state index contributed by atoms with van der Waals surface area (Å²) in [5, 5.41) is 3.41. The number of thioether (sulfide) groups is 1. The van der Waals surface area contributed by atoms with Gasteiger partial charge in [0.2, 0.25) is 0 Å². The second kappa shape index (κ2) is 7.61. The van der Waals surface area contributed by atoms with E-state index in [0.29, 0.717) is 31.9 Å². The molecule has 1 N–H and O–H groups in total. The summed E-state index contributed by atoms with van der Waals surface area (Å²) >= 11 is 10.6. The number of amides is 1. The first kappa shape index (κ1) is 17.9. The summed E-state index contributed by atoms with van der Waals surface area (Å²) in [5.41, 5.74) is 3.31. The van der Waals surface area contributed by atoms with Gasteiger partial charge in [0, 0.05) is 35.2 Å². The number of carbonyl (C=O) groups is 1. The normalized spacial score (nSPS) is 15.1. The van der Waals surface area contributed by atoms with Crippen LogP contribution < -0.4 is 5.32 Å². The Labute approximate surface area is 170 Å². The molecule has 1 saturated heterocycles. The fraction of sp³-hybridized carbons (Fsp3) is 0.0500. The van der Waals surface area contributed by atoms with Crippen LogP contribution in [0.5, 0.6) is 0 Å². The molecule has 0 radical (unpaired) electrons. The van der Waals surface area contributed by atoms with Gasteiger partial charge in [0.25, 0.3) is 5.91 Å². The SMILES string of the molecule is O=C1NC(=S)S/C1=C\c1cc2cncc(C#Cc3ccccc3CS)c2o1. The van der Waals surface area contributed by atoms with Crippen LogP contribution in [0.4, 0.5) is 0 Å². The third-order valence-electron chi connectivity index (χ3n) is 3.88. The average molecular weight is 409 g/mol. The molecule has 4 nitrogen and oxygen atoms in total. The van der Waals surface area contributed by atoms with E-state index in [1.54, 1.807) is 18.5 Å². The highest BCUT2D eigenvalue weighted by Crippen LogP contribution is 2.29.